The molecule has 156 valence electrons. The summed E-state index contributed by atoms with van der Waals surface area (Å²) in [5.74, 6) is 1.40. The number of nitrogens with zero attached hydrogens (tertiary/aromatic N) is 4. The van der Waals surface area contributed by atoms with Crippen LogP contribution in [0.5, 0.6) is 0 Å². The van der Waals surface area contributed by atoms with Crippen LogP contribution in [-0.2, 0) is 12.3 Å². The fraction of sp³-hybridized carbons (Fsp3) is 0.273. The first-order chi connectivity index (χ1) is 14.6. The molecule has 3 aromatic rings. The zero-order valence-electron chi connectivity index (χ0n) is 17.0. The van der Waals surface area contributed by atoms with E-state index in [1.54, 1.807) is 12.3 Å². The summed E-state index contributed by atoms with van der Waals surface area (Å²) in [6, 6.07) is 14.9. The highest BCUT2D eigenvalue weighted by Gasteiger charge is 2.10. The Morgan fingerprint density at radius 2 is 1.87 bits per heavy atom. The number of amides is 1. The van der Waals surface area contributed by atoms with E-state index >= 15 is 0 Å². The maximum absolute atomic E-state index is 12.3. The number of hydrogen-bond acceptors (Lipinski definition) is 6. The monoisotopic (exact) mass is 441 g/mol. The predicted octanol–water partition coefficient (Wildman–Crippen LogP) is 4.59. The van der Waals surface area contributed by atoms with E-state index in [1.807, 2.05) is 42.5 Å². The van der Waals surface area contributed by atoms with Crippen molar-refractivity contribution in [2.75, 3.05) is 18.0 Å². The van der Waals surface area contributed by atoms with Gasteiger partial charge in [-0.3, -0.25) is 9.78 Å². The molecule has 1 N–H and O–H groups in total. The van der Waals surface area contributed by atoms with Crippen molar-refractivity contribution in [1.29, 1.82) is 0 Å². The molecule has 30 heavy (non-hydrogen) atoms. The van der Waals surface area contributed by atoms with Crippen LogP contribution >= 0.6 is 23.4 Å². The topological polar surface area (TPSA) is 71.0 Å². The Bertz CT molecular complexity index is 965. The minimum absolute atomic E-state index is 0.123. The molecule has 0 spiro atoms. The molecular formula is C22H24ClN5OS. The van der Waals surface area contributed by atoms with Crippen LogP contribution in [0, 0.1) is 0 Å². The van der Waals surface area contributed by atoms with Gasteiger partial charge >= 0.3 is 0 Å². The Hall–Kier alpha value is -2.64. The molecule has 2 heterocycles. The first kappa shape index (κ1) is 22.1. The highest BCUT2D eigenvalue weighted by Crippen LogP contribution is 2.24. The average Bonchev–Trinajstić information content (AvgIpc) is 2.78. The van der Waals surface area contributed by atoms with Crippen LogP contribution in [0.4, 0.5) is 5.82 Å². The van der Waals surface area contributed by atoms with E-state index in [0.717, 1.165) is 30.2 Å². The van der Waals surface area contributed by atoms with Gasteiger partial charge in [0.2, 0.25) is 0 Å². The molecule has 2 aromatic heterocycles. The molecule has 1 aromatic carbocycles. The van der Waals surface area contributed by atoms with Crippen LogP contribution in [0.15, 0.2) is 59.9 Å². The highest BCUT2D eigenvalue weighted by atomic mass is 35.5. The van der Waals surface area contributed by atoms with Gasteiger partial charge in [0.1, 0.15) is 11.0 Å². The Labute approximate surface area is 186 Å². The van der Waals surface area contributed by atoms with Crippen LogP contribution in [0.25, 0.3) is 0 Å². The molecule has 0 radical (unpaired) electrons. The molecule has 0 atom stereocenters. The highest BCUT2D eigenvalue weighted by molar-refractivity contribution is 7.98. The standard InChI is InChI=1S/C22H24ClN5OS/c1-3-28(4-2)20-13-19(23)26-22(27-20)30-15-16-8-10-17(11-9-16)21(29)25-14-18-7-5-6-12-24-18/h5-13H,3-4,14-15H2,1-2H3,(H,25,29). The summed E-state index contributed by atoms with van der Waals surface area (Å²) in [4.78, 5) is 27.6. The van der Waals surface area contributed by atoms with Gasteiger partial charge in [-0.25, -0.2) is 9.97 Å². The van der Waals surface area contributed by atoms with Crippen molar-refractivity contribution >= 4 is 35.1 Å². The summed E-state index contributed by atoms with van der Waals surface area (Å²) in [7, 11) is 0. The van der Waals surface area contributed by atoms with Gasteiger partial charge in [-0.05, 0) is 43.7 Å². The van der Waals surface area contributed by atoms with E-state index in [1.165, 1.54) is 11.8 Å². The lowest BCUT2D eigenvalue weighted by atomic mass is 10.1. The molecule has 0 aliphatic heterocycles. The second kappa shape index (κ2) is 10.9. The van der Waals surface area contributed by atoms with E-state index in [9.17, 15) is 4.79 Å². The number of thioether (sulfide) groups is 1. The zero-order chi connectivity index (χ0) is 21.3. The first-order valence-electron chi connectivity index (χ1n) is 9.78. The summed E-state index contributed by atoms with van der Waals surface area (Å²) in [5, 5.41) is 3.96. The van der Waals surface area contributed by atoms with Crippen LogP contribution in [-0.4, -0.2) is 33.9 Å². The number of benzene rings is 1. The molecule has 0 fully saturated rings. The third-order valence-electron chi connectivity index (χ3n) is 4.49. The quantitative estimate of drug-likeness (QED) is 0.297. The smallest absolute Gasteiger partial charge is 0.251 e. The maximum atomic E-state index is 12.3. The number of halogens is 1. The number of rotatable bonds is 9. The van der Waals surface area contributed by atoms with Crippen molar-refractivity contribution < 1.29 is 4.79 Å². The number of hydrogen-bond donors (Lipinski definition) is 1. The molecule has 1 amide bonds. The summed E-state index contributed by atoms with van der Waals surface area (Å²) in [6.45, 7) is 6.29. The van der Waals surface area contributed by atoms with Crippen molar-refractivity contribution in [3.8, 4) is 0 Å². The van der Waals surface area contributed by atoms with E-state index in [4.69, 9.17) is 11.6 Å². The number of aromatic nitrogens is 3. The molecule has 3 rings (SSSR count). The average molecular weight is 442 g/mol. The van der Waals surface area contributed by atoms with Crippen LogP contribution in [0.3, 0.4) is 0 Å². The third kappa shape index (κ3) is 6.18. The summed E-state index contributed by atoms with van der Waals surface area (Å²) in [5.41, 5.74) is 2.52. The van der Waals surface area contributed by atoms with Crippen LogP contribution in [0.1, 0.15) is 35.5 Å². The molecule has 0 unspecified atom stereocenters. The molecule has 0 saturated heterocycles. The Morgan fingerprint density at radius 1 is 1.10 bits per heavy atom. The molecule has 0 aliphatic rings. The lowest BCUT2D eigenvalue weighted by Gasteiger charge is -2.20. The SMILES string of the molecule is CCN(CC)c1cc(Cl)nc(SCc2ccc(C(=O)NCc3ccccn3)cc2)n1. The molecule has 8 heteroatoms. The van der Waals surface area contributed by atoms with Crippen molar-refractivity contribution in [2.45, 2.75) is 31.3 Å². The van der Waals surface area contributed by atoms with Gasteiger partial charge in [0, 0.05) is 36.7 Å². The van der Waals surface area contributed by atoms with Crippen molar-refractivity contribution in [1.82, 2.24) is 20.3 Å². The van der Waals surface area contributed by atoms with Crippen molar-refractivity contribution in [2.24, 2.45) is 0 Å². The number of pyridine rings is 1. The molecule has 0 aliphatic carbocycles. The lowest BCUT2D eigenvalue weighted by molar-refractivity contribution is 0.0950. The fourth-order valence-electron chi connectivity index (χ4n) is 2.84. The molecule has 0 bridgehead atoms. The summed E-state index contributed by atoms with van der Waals surface area (Å²) < 4.78 is 0. The molecule has 0 saturated carbocycles. The maximum Gasteiger partial charge on any atom is 0.251 e. The van der Waals surface area contributed by atoms with Gasteiger partial charge in [0.25, 0.3) is 5.91 Å². The lowest BCUT2D eigenvalue weighted by Crippen LogP contribution is -2.23. The fourth-order valence-corrected chi connectivity index (χ4v) is 3.87. The second-order valence-electron chi connectivity index (χ2n) is 6.49. The second-order valence-corrected chi connectivity index (χ2v) is 7.82. The normalized spacial score (nSPS) is 10.6. The summed E-state index contributed by atoms with van der Waals surface area (Å²) >= 11 is 7.70. The molecular weight excluding hydrogens is 418 g/mol. The van der Waals surface area contributed by atoms with Gasteiger partial charge in [0.15, 0.2) is 5.16 Å². The van der Waals surface area contributed by atoms with E-state index < -0.39 is 0 Å². The van der Waals surface area contributed by atoms with Gasteiger partial charge in [-0.2, -0.15) is 0 Å². The Kier molecular flexibility index (Phi) is 8.04. The van der Waals surface area contributed by atoms with E-state index in [0.29, 0.717) is 28.2 Å². The number of nitrogens with one attached hydrogen (secondary N) is 1. The first-order valence-corrected chi connectivity index (χ1v) is 11.1. The van der Waals surface area contributed by atoms with Crippen LogP contribution < -0.4 is 10.2 Å². The predicted molar refractivity (Wildman–Crippen MR) is 122 cm³/mol. The molecule has 6 nitrogen and oxygen atoms in total. The van der Waals surface area contributed by atoms with Gasteiger partial charge < -0.3 is 10.2 Å². The van der Waals surface area contributed by atoms with Gasteiger partial charge in [0.05, 0.1) is 12.2 Å². The zero-order valence-corrected chi connectivity index (χ0v) is 18.6. The van der Waals surface area contributed by atoms with Gasteiger partial charge in [-0.15, -0.1) is 0 Å². The number of anilines is 1. The van der Waals surface area contributed by atoms with E-state index in [2.05, 4.69) is 39.0 Å². The Morgan fingerprint density at radius 3 is 2.53 bits per heavy atom. The minimum Gasteiger partial charge on any atom is -0.357 e. The van der Waals surface area contributed by atoms with E-state index in [-0.39, 0.29) is 5.91 Å². The minimum atomic E-state index is -0.123. The largest absolute Gasteiger partial charge is 0.357 e. The summed E-state index contributed by atoms with van der Waals surface area (Å²) in [6.07, 6.45) is 1.71. The van der Waals surface area contributed by atoms with Crippen LogP contribution in [0.2, 0.25) is 5.15 Å². The number of carbonyl (C=O) groups is 1. The van der Waals surface area contributed by atoms with Crippen molar-refractivity contribution in [3.63, 3.8) is 0 Å². The third-order valence-corrected chi connectivity index (χ3v) is 5.60. The van der Waals surface area contributed by atoms with Crippen molar-refractivity contribution in [3.05, 3.63) is 76.7 Å². The van der Waals surface area contributed by atoms with Gasteiger partial charge in [-0.1, -0.05) is 41.6 Å². The number of carbonyl (C=O) groups excluding carboxylic acids is 1. The Balaban J connectivity index is 1.57.